The summed E-state index contributed by atoms with van der Waals surface area (Å²) in [5, 5.41) is 9.90. The number of rotatable bonds is 2. The first-order chi connectivity index (χ1) is 8.93. The number of ether oxygens (including phenoxy) is 1. The Morgan fingerprint density at radius 3 is 2.47 bits per heavy atom. The fourth-order valence-corrected chi connectivity index (χ4v) is 2.30. The number of benzene rings is 1. The van der Waals surface area contributed by atoms with Crippen LogP contribution in [0.5, 0.6) is 11.5 Å². The molecule has 4 nitrogen and oxygen atoms in total. The molecular formula is C15H21NO3. The maximum atomic E-state index is 12.4. The van der Waals surface area contributed by atoms with Crippen molar-refractivity contribution in [3.05, 3.63) is 23.8 Å². The van der Waals surface area contributed by atoms with Gasteiger partial charge in [0.25, 0.3) is 5.91 Å². The number of methoxy groups -OCH3 is 1. The Bertz CT molecular complexity index is 472. The highest BCUT2D eigenvalue weighted by molar-refractivity contribution is 5.97. The number of amides is 1. The van der Waals surface area contributed by atoms with Gasteiger partial charge in [0.1, 0.15) is 11.5 Å². The molecule has 0 unspecified atom stereocenters. The van der Waals surface area contributed by atoms with Crippen LogP contribution in [-0.4, -0.2) is 36.1 Å². The van der Waals surface area contributed by atoms with E-state index in [2.05, 4.69) is 13.8 Å². The molecule has 2 rings (SSSR count). The standard InChI is InChI=1S/C15H21NO3/c1-15(2)6-8-16(9-7-15)14(18)12-5-4-11(19-3)10-13(12)17/h4-5,10,17H,6-9H2,1-3H3. The van der Waals surface area contributed by atoms with Crippen molar-refractivity contribution in [3.63, 3.8) is 0 Å². The molecule has 0 aromatic heterocycles. The summed E-state index contributed by atoms with van der Waals surface area (Å²) in [5.74, 6) is 0.429. The molecule has 1 heterocycles. The van der Waals surface area contributed by atoms with Crippen LogP contribution in [0, 0.1) is 5.41 Å². The number of piperidine rings is 1. The van der Waals surface area contributed by atoms with Gasteiger partial charge in [0, 0.05) is 19.2 Å². The Morgan fingerprint density at radius 1 is 1.32 bits per heavy atom. The lowest BCUT2D eigenvalue weighted by Crippen LogP contribution is -2.41. The number of hydrogen-bond donors (Lipinski definition) is 1. The molecule has 0 bridgehead atoms. The molecule has 0 atom stereocenters. The summed E-state index contributed by atoms with van der Waals surface area (Å²) in [6, 6.07) is 4.79. The van der Waals surface area contributed by atoms with Gasteiger partial charge in [-0.05, 0) is 30.4 Å². The summed E-state index contributed by atoms with van der Waals surface area (Å²) in [7, 11) is 1.53. The van der Waals surface area contributed by atoms with E-state index < -0.39 is 0 Å². The predicted octanol–water partition coefficient (Wildman–Crippen LogP) is 2.66. The van der Waals surface area contributed by atoms with Crippen LogP contribution in [0.2, 0.25) is 0 Å². The van der Waals surface area contributed by atoms with Gasteiger partial charge >= 0.3 is 0 Å². The largest absolute Gasteiger partial charge is 0.507 e. The van der Waals surface area contributed by atoms with E-state index in [9.17, 15) is 9.90 Å². The smallest absolute Gasteiger partial charge is 0.257 e. The Labute approximate surface area is 114 Å². The molecule has 1 N–H and O–H groups in total. The average molecular weight is 263 g/mol. The van der Waals surface area contributed by atoms with Crippen LogP contribution in [-0.2, 0) is 0 Å². The molecule has 1 aromatic rings. The summed E-state index contributed by atoms with van der Waals surface area (Å²) in [6.07, 6.45) is 1.99. The second kappa shape index (κ2) is 5.11. The Kier molecular flexibility index (Phi) is 3.69. The zero-order valence-corrected chi connectivity index (χ0v) is 11.8. The lowest BCUT2D eigenvalue weighted by atomic mass is 9.82. The monoisotopic (exact) mass is 263 g/mol. The van der Waals surface area contributed by atoms with Crippen molar-refractivity contribution in [2.45, 2.75) is 26.7 Å². The summed E-state index contributed by atoms with van der Waals surface area (Å²) in [5.41, 5.74) is 0.652. The number of phenols is 1. The number of carbonyl (C=O) groups excluding carboxylic acids is 1. The number of nitrogens with zero attached hydrogens (tertiary/aromatic N) is 1. The van der Waals surface area contributed by atoms with Crippen LogP contribution in [0.1, 0.15) is 37.0 Å². The van der Waals surface area contributed by atoms with E-state index in [0.717, 1.165) is 25.9 Å². The molecule has 1 aliphatic rings. The predicted molar refractivity (Wildman–Crippen MR) is 73.6 cm³/mol. The van der Waals surface area contributed by atoms with Crippen LogP contribution in [0.15, 0.2) is 18.2 Å². The van der Waals surface area contributed by atoms with Gasteiger partial charge in [-0.15, -0.1) is 0 Å². The minimum absolute atomic E-state index is 0.0193. The van der Waals surface area contributed by atoms with Gasteiger partial charge in [0.05, 0.1) is 12.7 Å². The van der Waals surface area contributed by atoms with Crippen LogP contribution in [0.25, 0.3) is 0 Å². The zero-order valence-electron chi connectivity index (χ0n) is 11.8. The van der Waals surface area contributed by atoms with Gasteiger partial charge in [-0.25, -0.2) is 0 Å². The van der Waals surface area contributed by atoms with Gasteiger partial charge in [-0.2, -0.15) is 0 Å². The third-order valence-electron chi connectivity index (χ3n) is 3.84. The number of carbonyl (C=O) groups is 1. The summed E-state index contributed by atoms with van der Waals surface area (Å²) in [4.78, 5) is 14.2. The van der Waals surface area contributed by atoms with Crippen molar-refractivity contribution in [1.82, 2.24) is 4.90 Å². The fraction of sp³-hybridized carbons (Fsp3) is 0.533. The van der Waals surface area contributed by atoms with Crippen molar-refractivity contribution in [2.75, 3.05) is 20.2 Å². The SMILES string of the molecule is COc1ccc(C(=O)N2CCC(C)(C)CC2)c(O)c1. The van der Waals surface area contributed by atoms with Gasteiger partial charge in [0.2, 0.25) is 0 Å². The normalized spacial score (nSPS) is 18.2. The lowest BCUT2D eigenvalue weighted by molar-refractivity contribution is 0.0627. The molecule has 0 saturated carbocycles. The van der Waals surface area contributed by atoms with Crippen LogP contribution >= 0.6 is 0 Å². The summed E-state index contributed by atoms with van der Waals surface area (Å²) in [6.45, 7) is 5.94. The fourth-order valence-electron chi connectivity index (χ4n) is 2.30. The molecule has 0 spiro atoms. The summed E-state index contributed by atoms with van der Waals surface area (Å²) < 4.78 is 5.02. The van der Waals surface area contributed by atoms with E-state index >= 15 is 0 Å². The zero-order chi connectivity index (χ0) is 14.0. The van der Waals surface area contributed by atoms with E-state index in [0.29, 0.717) is 16.7 Å². The quantitative estimate of drug-likeness (QED) is 0.892. The molecule has 104 valence electrons. The number of phenolic OH excluding ortho intramolecular Hbond substituents is 1. The highest BCUT2D eigenvalue weighted by Crippen LogP contribution is 2.31. The molecule has 1 saturated heterocycles. The third-order valence-corrected chi connectivity index (χ3v) is 3.84. The number of aromatic hydroxyl groups is 1. The van der Waals surface area contributed by atoms with Gasteiger partial charge in [-0.1, -0.05) is 13.8 Å². The van der Waals surface area contributed by atoms with Gasteiger partial charge < -0.3 is 14.7 Å². The lowest BCUT2D eigenvalue weighted by Gasteiger charge is -2.37. The Morgan fingerprint density at radius 2 is 1.95 bits per heavy atom. The topological polar surface area (TPSA) is 49.8 Å². The average Bonchev–Trinajstić information content (AvgIpc) is 2.37. The Balaban J connectivity index is 2.12. The maximum Gasteiger partial charge on any atom is 0.257 e. The van der Waals surface area contributed by atoms with Gasteiger partial charge in [-0.3, -0.25) is 4.79 Å². The van der Waals surface area contributed by atoms with Crippen LogP contribution < -0.4 is 4.74 Å². The molecule has 0 aliphatic carbocycles. The molecule has 1 aromatic carbocycles. The molecule has 4 heteroatoms. The molecule has 19 heavy (non-hydrogen) atoms. The van der Waals surface area contributed by atoms with Crippen LogP contribution in [0.3, 0.4) is 0 Å². The third kappa shape index (κ3) is 3.00. The molecule has 1 amide bonds. The van der Waals surface area contributed by atoms with E-state index in [4.69, 9.17) is 4.74 Å². The Hall–Kier alpha value is -1.71. The van der Waals surface area contributed by atoms with E-state index in [-0.39, 0.29) is 11.7 Å². The van der Waals surface area contributed by atoms with Crippen molar-refractivity contribution in [1.29, 1.82) is 0 Å². The first-order valence-corrected chi connectivity index (χ1v) is 6.59. The van der Waals surface area contributed by atoms with Crippen LogP contribution in [0.4, 0.5) is 0 Å². The van der Waals surface area contributed by atoms with E-state index in [1.54, 1.807) is 12.1 Å². The van der Waals surface area contributed by atoms with Crippen molar-refractivity contribution >= 4 is 5.91 Å². The maximum absolute atomic E-state index is 12.4. The minimum Gasteiger partial charge on any atom is -0.507 e. The molecule has 1 aliphatic heterocycles. The van der Waals surface area contributed by atoms with Crippen molar-refractivity contribution in [2.24, 2.45) is 5.41 Å². The first kappa shape index (κ1) is 13.7. The molecular weight excluding hydrogens is 242 g/mol. The van der Waals surface area contributed by atoms with Crippen molar-refractivity contribution in [3.8, 4) is 11.5 Å². The minimum atomic E-state index is -0.101. The van der Waals surface area contributed by atoms with E-state index in [1.165, 1.54) is 13.2 Å². The first-order valence-electron chi connectivity index (χ1n) is 6.59. The summed E-state index contributed by atoms with van der Waals surface area (Å²) >= 11 is 0. The molecule has 0 radical (unpaired) electrons. The number of likely N-dealkylation sites (tertiary alicyclic amines) is 1. The molecule has 1 fully saturated rings. The number of hydrogen-bond acceptors (Lipinski definition) is 3. The second-order valence-corrected chi connectivity index (χ2v) is 5.84. The highest BCUT2D eigenvalue weighted by Gasteiger charge is 2.29. The van der Waals surface area contributed by atoms with Crippen molar-refractivity contribution < 1.29 is 14.6 Å². The van der Waals surface area contributed by atoms with E-state index in [1.807, 2.05) is 4.90 Å². The van der Waals surface area contributed by atoms with Gasteiger partial charge in [0.15, 0.2) is 0 Å². The highest BCUT2D eigenvalue weighted by atomic mass is 16.5. The second-order valence-electron chi connectivity index (χ2n) is 5.84.